The maximum absolute atomic E-state index is 6.01. The van der Waals surface area contributed by atoms with Crippen molar-refractivity contribution in [3.63, 3.8) is 0 Å². The molecule has 1 saturated heterocycles. The molecule has 3 nitrogen and oxygen atoms in total. The summed E-state index contributed by atoms with van der Waals surface area (Å²) in [6, 6.07) is 0.110. The Hall–Kier alpha value is -0.610. The van der Waals surface area contributed by atoms with E-state index < -0.39 is 0 Å². The monoisotopic (exact) mass is 253 g/mol. The number of anilines is 1. The lowest BCUT2D eigenvalue weighted by atomic mass is 10.0. The van der Waals surface area contributed by atoms with Gasteiger partial charge in [0.15, 0.2) is 5.13 Å². The Morgan fingerprint density at radius 2 is 2.35 bits per heavy atom. The molecular weight excluding hydrogens is 230 g/mol. The van der Waals surface area contributed by atoms with Gasteiger partial charge < -0.3 is 10.6 Å². The summed E-state index contributed by atoms with van der Waals surface area (Å²) >= 11 is 1.79. The fourth-order valence-electron chi connectivity index (χ4n) is 2.46. The van der Waals surface area contributed by atoms with Crippen LogP contribution >= 0.6 is 11.3 Å². The van der Waals surface area contributed by atoms with Gasteiger partial charge in [-0.2, -0.15) is 0 Å². The number of piperidine rings is 1. The molecule has 4 heteroatoms. The maximum atomic E-state index is 6.01. The zero-order valence-electron chi connectivity index (χ0n) is 11.1. The molecule has 2 unspecified atom stereocenters. The maximum Gasteiger partial charge on any atom is 0.185 e. The summed E-state index contributed by atoms with van der Waals surface area (Å²) in [6.45, 7) is 8.83. The molecule has 2 heterocycles. The lowest BCUT2D eigenvalue weighted by Gasteiger charge is -2.30. The van der Waals surface area contributed by atoms with Crippen molar-refractivity contribution < 1.29 is 0 Å². The van der Waals surface area contributed by atoms with E-state index in [0.29, 0.717) is 0 Å². The molecule has 0 aromatic carbocycles. The van der Waals surface area contributed by atoms with Crippen LogP contribution in [0.25, 0.3) is 0 Å². The Balaban J connectivity index is 2.20. The van der Waals surface area contributed by atoms with E-state index in [4.69, 9.17) is 10.7 Å². The number of aryl methyl sites for hydroxylation is 1. The summed E-state index contributed by atoms with van der Waals surface area (Å²) in [6.07, 6.45) is 3.62. The second kappa shape index (κ2) is 5.36. The van der Waals surface area contributed by atoms with Gasteiger partial charge in [-0.25, -0.2) is 4.98 Å². The fourth-order valence-corrected chi connectivity index (χ4v) is 3.60. The molecule has 0 spiro atoms. The number of thiazole rings is 1. The highest BCUT2D eigenvalue weighted by molar-refractivity contribution is 7.15. The lowest BCUT2D eigenvalue weighted by molar-refractivity contribution is 0.446. The van der Waals surface area contributed by atoms with Crippen LogP contribution in [0, 0.1) is 5.92 Å². The fraction of sp³-hybridized carbons (Fsp3) is 0.769. The van der Waals surface area contributed by atoms with Gasteiger partial charge in [-0.05, 0) is 32.1 Å². The van der Waals surface area contributed by atoms with Gasteiger partial charge in [0.2, 0.25) is 0 Å². The van der Waals surface area contributed by atoms with Crippen molar-refractivity contribution >= 4 is 16.5 Å². The van der Waals surface area contributed by atoms with Gasteiger partial charge in [0.1, 0.15) is 0 Å². The van der Waals surface area contributed by atoms with E-state index in [2.05, 4.69) is 25.7 Å². The highest BCUT2D eigenvalue weighted by Gasteiger charge is 2.21. The van der Waals surface area contributed by atoms with Gasteiger partial charge in [-0.1, -0.05) is 13.8 Å². The van der Waals surface area contributed by atoms with Crippen LogP contribution in [0.15, 0.2) is 0 Å². The van der Waals surface area contributed by atoms with Gasteiger partial charge in [0, 0.05) is 24.0 Å². The first-order valence-electron chi connectivity index (χ1n) is 6.62. The van der Waals surface area contributed by atoms with Crippen molar-refractivity contribution in [2.24, 2.45) is 11.7 Å². The first kappa shape index (κ1) is 12.8. The zero-order chi connectivity index (χ0) is 12.4. The molecule has 2 rings (SSSR count). The van der Waals surface area contributed by atoms with Crippen LogP contribution in [0.3, 0.4) is 0 Å². The molecule has 0 amide bonds. The molecule has 1 aliphatic heterocycles. The molecule has 0 saturated carbocycles. The number of hydrogen-bond acceptors (Lipinski definition) is 4. The first-order valence-corrected chi connectivity index (χ1v) is 7.43. The van der Waals surface area contributed by atoms with Crippen molar-refractivity contribution in [2.75, 3.05) is 18.0 Å². The Morgan fingerprint density at radius 3 is 2.88 bits per heavy atom. The van der Waals surface area contributed by atoms with E-state index >= 15 is 0 Å². The summed E-state index contributed by atoms with van der Waals surface area (Å²) < 4.78 is 0. The topological polar surface area (TPSA) is 42.2 Å². The second-order valence-corrected chi connectivity index (χ2v) is 6.15. The quantitative estimate of drug-likeness (QED) is 0.900. The van der Waals surface area contributed by atoms with Crippen LogP contribution in [-0.4, -0.2) is 18.1 Å². The molecule has 0 radical (unpaired) electrons. The Kier molecular flexibility index (Phi) is 4.05. The summed E-state index contributed by atoms with van der Waals surface area (Å²) in [5, 5.41) is 1.18. The van der Waals surface area contributed by atoms with Crippen LogP contribution in [0.5, 0.6) is 0 Å². The van der Waals surface area contributed by atoms with E-state index in [1.54, 1.807) is 11.3 Å². The molecule has 96 valence electrons. The summed E-state index contributed by atoms with van der Waals surface area (Å²) in [5.74, 6) is 0.788. The van der Waals surface area contributed by atoms with E-state index in [1.165, 1.54) is 28.5 Å². The van der Waals surface area contributed by atoms with E-state index in [9.17, 15) is 0 Å². The largest absolute Gasteiger partial charge is 0.348 e. The molecule has 0 aliphatic carbocycles. The van der Waals surface area contributed by atoms with Gasteiger partial charge >= 0.3 is 0 Å². The molecule has 1 aliphatic rings. The molecule has 2 N–H and O–H groups in total. The lowest BCUT2D eigenvalue weighted by Crippen LogP contribution is -2.34. The minimum Gasteiger partial charge on any atom is -0.348 e. The van der Waals surface area contributed by atoms with E-state index in [1.807, 2.05) is 0 Å². The van der Waals surface area contributed by atoms with Crippen LogP contribution in [0.4, 0.5) is 5.13 Å². The highest BCUT2D eigenvalue weighted by Crippen LogP contribution is 2.32. The molecule has 0 bridgehead atoms. The van der Waals surface area contributed by atoms with Crippen molar-refractivity contribution in [1.29, 1.82) is 0 Å². The molecule has 1 aromatic rings. The normalized spacial score (nSPS) is 22.8. The van der Waals surface area contributed by atoms with Crippen LogP contribution in [-0.2, 0) is 6.42 Å². The van der Waals surface area contributed by atoms with Gasteiger partial charge in [0.25, 0.3) is 0 Å². The average Bonchev–Trinajstić information content (AvgIpc) is 2.73. The number of hydrogen-bond donors (Lipinski definition) is 1. The van der Waals surface area contributed by atoms with Crippen LogP contribution in [0.2, 0.25) is 0 Å². The number of rotatable bonds is 3. The predicted octanol–water partition coefficient (Wildman–Crippen LogP) is 2.96. The number of nitrogens with two attached hydrogens (primary N) is 1. The molecule has 17 heavy (non-hydrogen) atoms. The number of nitrogens with zero attached hydrogens (tertiary/aromatic N) is 2. The van der Waals surface area contributed by atoms with Crippen molar-refractivity contribution in [2.45, 2.75) is 46.1 Å². The standard InChI is InChI=1S/C13H23N3S/c1-4-11-12(10(3)14)17-13(15-11)16-7-5-6-9(2)8-16/h9-10H,4-8,14H2,1-3H3. The van der Waals surface area contributed by atoms with E-state index in [-0.39, 0.29) is 6.04 Å². The number of aromatic nitrogens is 1. The van der Waals surface area contributed by atoms with Crippen molar-refractivity contribution in [3.8, 4) is 0 Å². The highest BCUT2D eigenvalue weighted by atomic mass is 32.1. The Morgan fingerprint density at radius 1 is 1.59 bits per heavy atom. The summed E-state index contributed by atoms with van der Waals surface area (Å²) in [4.78, 5) is 8.47. The average molecular weight is 253 g/mol. The van der Waals surface area contributed by atoms with Crippen LogP contribution < -0.4 is 10.6 Å². The third kappa shape index (κ3) is 2.80. The minimum absolute atomic E-state index is 0.110. The summed E-state index contributed by atoms with van der Waals surface area (Å²) in [5.41, 5.74) is 7.20. The second-order valence-electron chi connectivity index (χ2n) is 5.14. The zero-order valence-corrected chi connectivity index (χ0v) is 11.9. The molecule has 1 aromatic heterocycles. The third-order valence-corrected chi connectivity index (χ3v) is 4.75. The third-order valence-electron chi connectivity index (χ3n) is 3.39. The first-order chi connectivity index (χ1) is 8.11. The molecule has 1 fully saturated rings. The van der Waals surface area contributed by atoms with E-state index in [0.717, 1.165) is 25.4 Å². The Labute approximate surface area is 108 Å². The SMILES string of the molecule is CCc1nc(N2CCCC(C)C2)sc1C(C)N. The van der Waals surface area contributed by atoms with Crippen molar-refractivity contribution in [3.05, 3.63) is 10.6 Å². The van der Waals surface area contributed by atoms with Crippen molar-refractivity contribution in [1.82, 2.24) is 4.98 Å². The molecule has 2 atom stereocenters. The summed E-state index contributed by atoms with van der Waals surface area (Å²) in [7, 11) is 0. The van der Waals surface area contributed by atoms with Gasteiger partial charge in [-0.3, -0.25) is 0 Å². The minimum atomic E-state index is 0.110. The van der Waals surface area contributed by atoms with Crippen LogP contribution in [0.1, 0.15) is 50.2 Å². The molecular formula is C13H23N3S. The predicted molar refractivity (Wildman–Crippen MR) is 74.7 cm³/mol. The smallest absolute Gasteiger partial charge is 0.185 e. The van der Waals surface area contributed by atoms with Gasteiger partial charge in [-0.15, -0.1) is 11.3 Å². The van der Waals surface area contributed by atoms with Gasteiger partial charge in [0.05, 0.1) is 5.69 Å². The Bertz CT molecular complexity index is 373.